The third kappa shape index (κ3) is 6.08. The van der Waals surface area contributed by atoms with Crippen molar-refractivity contribution >= 4 is 22.1 Å². The van der Waals surface area contributed by atoms with Crippen LogP contribution in [-0.2, 0) is 19.5 Å². The standard InChI is InChI=1S/C21H33N5O5S/c1-21(8-9-21)31-20(27)26-12-3-5-17(24-32(2,28)29)18(26)15-30-16-6-13-25(14-7-16)19-22-10-4-11-23-19/h4,10-11,16-18,24H,3,5-9,12-15H2,1-2H3/t17-,18-/m0/s1. The molecule has 0 radical (unpaired) electrons. The second-order valence-electron chi connectivity index (χ2n) is 9.29. The highest BCUT2D eigenvalue weighted by Crippen LogP contribution is 2.39. The minimum absolute atomic E-state index is 0.0367. The molecular weight excluding hydrogens is 434 g/mol. The van der Waals surface area contributed by atoms with E-state index in [1.807, 2.05) is 6.92 Å². The molecule has 178 valence electrons. The van der Waals surface area contributed by atoms with Crippen LogP contribution < -0.4 is 9.62 Å². The summed E-state index contributed by atoms with van der Waals surface area (Å²) in [5, 5.41) is 0. The molecule has 3 aliphatic rings. The lowest BCUT2D eigenvalue weighted by Crippen LogP contribution is -2.59. The highest BCUT2D eigenvalue weighted by Gasteiger charge is 2.45. The number of anilines is 1. The number of carbonyl (C=O) groups excluding carboxylic acids is 1. The summed E-state index contributed by atoms with van der Waals surface area (Å²) in [6.45, 7) is 4.31. The van der Waals surface area contributed by atoms with Crippen LogP contribution in [0.15, 0.2) is 18.5 Å². The van der Waals surface area contributed by atoms with Gasteiger partial charge in [-0.05, 0) is 51.5 Å². The van der Waals surface area contributed by atoms with Gasteiger partial charge < -0.3 is 19.3 Å². The van der Waals surface area contributed by atoms with E-state index in [0.717, 1.165) is 51.0 Å². The molecule has 10 nitrogen and oxygen atoms in total. The maximum atomic E-state index is 12.9. The van der Waals surface area contributed by atoms with Gasteiger partial charge in [0.25, 0.3) is 0 Å². The number of carbonyl (C=O) groups is 1. The lowest BCUT2D eigenvalue weighted by Gasteiger charge is -2.41. The van der Waals surface area contributed by atoms with Gasteiger partial charge in [0, 0.05) is 38.1 Å². The van der Waals surface area contributed by atoms with Crippen molar-refractivity contribution < 1.29 is 22.7 Å². The fourth-order valence-electron chi connectivity index (χ4n) is 4.36. The van der Waals surface area contributed by atoms with Crippen molar-refractivity contribution in [3.05, 3.63) is 18.5 Å². The number of nitrogens with one attached hydrogen (secondary N) is 1. The molecule has 0 bridgehead atoms. The summed E-state index contributed by atoms with van der Waals surface area (Å²) in [5.41, 5.74) is -0.383. The van der Waals surface area contributed by atoms with Gasteiger partial charge in [-0.2, -0.15) is 0 Å². The first kappa shape index (κ1) is 23.2. The summed E-state index contributed by atoms with van der Waals surface area (Å²) in [4.78, 5) is 25.3. The van der Waals surface area contributed by atoms with Crippen LogP contribution in [-0.4, -0.2) is 85.7 Å². The molecule has 3 fully saturated rings. The Balaban J connectivity index is 1.37. The van der Waals surface area contributed by atoms with E-state index in [1.165, 1.54) is 0 Å². The van der Waals surface area contributed by atoms with Crippen LogP contribution >= 0.6 is 0 Å². The van der Waals surface area contributed by atoms with E-state index in [1.54, 1.807) is 23.4 Å². The molecule has 4 rings (SSSR count). The lowest BCUT2D eigenvalue weighted by atomic mass is 9.97. The summed E-state index contributed by atoms with van der Waals surface area (Å²) in [5.74, 6) is 0.720. The molecule has 0 spiro atoms. The van der Waals surface area contributed by atoms with Gasteiger partial charge >= 0.3 is 6.09 Å². The van der Waals surface area contributed by atoms with Gasteiger partial charge in [0.1, 0.15) is 5.60 Å². The fraction of sp³-hybridized carbons (Fsp3) is 0.762. The molecule has 32 heavy (non-hydrogen) atoms. The number of piperidine rings is 2. The molecule has 3 heterocycles. The molecule has 1 aliphatic carbocycles. The minimum Gasteiger partial charge on any atom is -0.443 e. The van der Waals surface area contributed by atoms with Crippen LogP contribution in [0.4, 0.5) is 10.7 Å². The van der Waals surface area contributed by atoms with Crippen molar-refractivity contribution in [2.75, 3.05) is 37.4 Å². The van der Waals surface area contributed by atoms with Crippen molar-refractivity contribution in [1.29, 1.82) is 0 Å². The average molecular weight is 468 g/mol. The van der Waals surface area contributed by atoms with E-state index in [9.17, 15) is 13.2 Å². The quantitative estimate of drug-likeness (QED) is 0.642. The molecule has 1 aromatic heterocycles. The van der Waals surface area contributed by atoms with E-state index in [-0.39, 0.29) is 24.4 Å². The summed E-state index contributed by atoms with van der Waals surface area (Å²) in [6, 6.07) is 1.00. The van der Waals surface area contributed by atoms with Gasteiger partial charge in [-0.25, -0.2) is 27.9 Å². The Hall–Kier alpha value is -1.98. The van der Waals surface area contributed by atoms with Crippen molar-refractivity contribution in [3.8, 4) is 0 Å². The van der Waals surface area contributed by atoms with E-state index in [4.69, 9.17) is 9.47 Å². The Morgan fingerprint density at radius 2 is 1.88 bits per heavy atom. The van der Waals surface area contributed by atoms with Crippen molar-refractivity contribution in [2.45, 2.75) is 69.2 Å². The van der Waals surface area contributed by atoms with Crippen LogP contribution in [0.1, 0.15) is 45.4 Å². The molecule has 2 aliphatic heterocycles. The lowest BCUT2D eigenvalue weighted by molar-refractivity contribution is -0.0273. The minimum atomic E-state index is -3.41. The summed E-state index contributed by atoms with van der Waals surface area (Å²) < 4.78 is 38.5. The van der Waals surface area contributed by atoms with E-state index < -0.39 is 22.1 Å². The summed E-state index contributed by atoms with van der Waals surface area (Å²) >= 11 is 0. The predicted octanol–water partition coefficient (Wildman–Crippen LogP) is 1.53. The Morgan fingerprint density at radius 1 is 1.19 bits per heavy atom. The molecule has 2 saturated heterocycles. The number of rotatable bonds is 7. The molecule has 2 atom stereocenters. The van der Waals surface area contributed by atoms with E-state index in [2.05, 4.69) is 19.6 Å². The van der Waals surface area contributed by atoms with Crippen LogP contribution in [0.3, 0.4) is 0 Å². The zero-order valence-corrected chi connectivity index (χ0v) is 19.6. The second kappa shape index (κ2) is 9.48. The number of amides is 1. The molecule has 0 aromatic carbocycles. The third-order valence-electron chi connectivity index (χ3n) is 6.45. The Labute approximate surface area is 189 Å². The van der Waals surface area contributed by atoms with Crippen molar-refractivity contribution in [2.24, 2.45) is 0 Å². The van der Waals surface area contributed by atoms with Crippen LogP contribution in [0.2, 0.25) is 0 Å². The van der Waals surface area contributed by atoms with Gasteiger partial charge in [0.15, 0.2) is 0 Å². The monoisotopic (exact) mass is 467 g/mol. The molecule has 1 amide bonds. The van der Waals surface area contributed by atoms with E-state index in [0.29, 0.717) is 19.4 Å². The maximum Gasteiger partial charge on any atom is 0.410 e. The topological polar surface area (TPSA) is 114 Å². The second-order valence-corrected chi connectivity index (χ2v) is 11.1. The Morgan fingerprint density at radius 3 is 2.50 bits per heavy atom. The number of aromatic nitrogens is 2. The van der Waals surface area contributed by atoms with E-state index >= 15 is 0 Å². The SMILES string of the molecule is CC1(OC(=O)N2CCC[C@H](NS(C)(=O)=O)[C@@H]2COC2CCN(c3ncccn3)CC2)CC1. The van der Waals surface area contributed by atoms with Crippen LogP contribution in [0.25, 0.3) is 0 Å². The average Bonchev–Trinajstić information content (AvgIpc) is 3.49. The maximum absolute atomic E-state index is 12.9. The summed E-state index contributed by atoms with van der Waals surface area (Å²) in [7, 11) is -3.41. The van der Waals surface area contributed by atoms with Gasteiger partial charge in [-0.15, -0.1) is 0 Å². The normalized spacial score (nSPS) is 26.1. The van der Waals surface area contributed by atoms with Gasteiger partial charge in [0.05, 0.1) is 25.0 Å². The number of nitrogens with zero attached hydrogens (tertiary/aromatic N) is 4. The number of ether oxygens (including phenoxy) is 2. The van der Waals surface area contributed by atoms with Crippen LogP contribution in [0.5, 0.6) is 0 Å². The zero-order chi connectivity index (χ0) is 22.8. The first-order valence-corrected chi connectivity index (χ1v) is 13.2. The van der Waals surface area contributed by atoms with Gasteiger partial charge in [-0.3, -0.25) is 0 Å². The number of hydrogen-bond donors (Lipinski definition) is 1. The highest BCUT2D eigenvalue weighted by molar-refractivity contribution is 7.88. The third-order valence-corrected chi connectivity index (χ3v) is 7.18. The predicted molar refractivity (Wildman–Crippen MR) is 119 cm³/mol. The smallest absolute Gasteiger partial charge is 0.410 e. The highest BCUT2D eigenvalue weighted by atomic mass is 32.2. The Bertz CT molecular complexity index is 887. The van der Waals surface area contributed by atoms with Gasteiger partial charge in [0.2, 0.25) is 16.0 Å². The molecular formula is C21H33N5O5S. The number of likely N-dealkylation sites (tertiary alicyclic amines) is 1. The first-order valence-electron chi connectivity index (χ1n) is 11.3. The van der Waals surface area contributed by atoms with Crippen molar-refractivity contribution in [1.82, 2.24) is 19.6 Å². The Kier molecular flexibility index (Phi) is 6.87. The van der Waals surface area contributed by atoms with Crippen molar-refractivity contribution in [3.63, 3.8) is 0 Å². The molecule has 1 aromatic rings. The molecule has 11 heteroatoms. The number of hydrogen-bond acceptors (Lipinski definition) is 8. The fourth-order valence-corrected chi connectivity index (χ4v) is 5.19. The molecule has 1 saturated carbocycles. The molecule has 1 N–H and O–H groups in total. The number of sulfonamides is 1. The van der Waals surface area contributed by atoms with Crippen LogP contribution in [0, 0.1) is 0 Å². The largest absolute Gasteiger partial charge is 0.443 e. The first-order chi connectivity index (χ1) is 15.2. The molecule has 0 unspecified atom stereocenters. The zero-order valence-electron chi connectivity index (χ0n) is 18.8. The van der Waals surface area contributed by atoms with Gasteiger partial charge in [-0.1, -0.05) is 0 Å². The summed E-state index contributed by atoms with van der Waals surface area (Å²) in [6.07, 6.45) is 9.01.